The molecule has 40 heavy (non-hydrogen) atoms. The molecule has 4 aromatic rings. The maximum Gasteiger partial charge on any atom is 0.268 e. The molecule has 0 bridgehead atoms. The van der Waals surface area contributed by atoms with Crippen LogP contribution in [-0.2, 0) is 42.2 Å². The third-order valence-electron chi connectivity index (χ3n) is 6.86. The highest BCUT2D eigenvalue weighted by Gasteiger charge is 2.33. The van der Waals surface area contributed by atoms with Crippen molar-refractivity contribution in [3.05, 3.63) is 89.1 Å². The molecule has 0 amide bonds. The highest BCUT2D eigenvalue weighted by Crippen LogP contribution is 2.46. The van der Waals surface area contributed by atoms with E-state index in [9.17, 15) is 8.42 Å². The Labute approximate surface area is 234 Å². The Balaban J connectivity index is 1.71. The molecule has 1 aliphatic heterocycles. The first kappa shape index (κ1) is 28.1. The zero-order valence-corrected chi connectivity index (χ0v) is 23.7. The maximum absolute atomic E-state index is 14.1. The van der Waals surface area contributed by atoms with Crippen LogP contribution in [0.4, 0.5) is 5.69 Å². The van der Waals surface area contributed by atoms with Gasteiger partial charge in [-0.25, -0.2) is 12.4 Å². The molecule has 0 saturated heterocycles. The van der Waals surface area contributed by atoms with Crippen LogP contribution < -0.4 is 10.1 Å². The van der Waals surface area contributed by atoms with Gasteiger partial charge >= 0.3 is 0 Å². The number of aromatic nitrogens is 1. The summed E-state index contributed by atoms with van der Waals surface area (Å²) < 4.78 is 57.6. The van der Waals surface area contributed by atoms with Crippen LogP contribution in [-0.4, -0.2) is 53.3 Å². The fraction of sp³-hybridized carbons (Fsp3) is 0.333. The lowest BCUT2D eigenvalue weighted by atomic mass is 9.95. The molecule has 3 aromatic carbocycles. The predicted molar refractivity (Wildman–Crippen MR) is 152 cm³/mol. The third-order valence-corrected chi connectivity index (χ3v) is 8.53. The normalized spacial score (nSPS) is 14.8. The Morgan fingerprint density at radius 1 is 0.950 bits per heavy atom. The molecular weight excluding hydrogens is 532 g/mol. The van der Waals surface area contributed by atoms with Gasteiger partial charge in [-0.1, -0.05) is 48.0 Å². The monoisotopic (exact) mass is 566 g/mol. The second-order valence-electron chi connectivity index (χ2n) is 9.71. The van der Waals surface area contributed by atoms with Crippen molar-refractivity contribution in [2.24, 2.45) is 0 Å². The highest BCUT2D eigenvalue weighted by atomic mass is 32.2. The van der Waals surface area contributed by atoms with Crippen molar-refractivity contribution in [2.75, 3.05) is 46.3 Å². The lowest BCUT2D eigenvalue weighted by Gasteiger charge is -2.17. The molecule has 0 saturated carbocycles. The van der Waals surface area contributed by atoms with Crippen molar-refractivity contribution in [2.45, 2.75) is 31.0 Å². The summed E-state index contributed by atoms with van der Waals surface area (Å²) in [6, 6.07) is 18.5. The molecule has 1 N–H and O–H groups in total. The zero-order chi connectivity index (χ0) is 28.1. The second kappa shape index (κ2) is 12.4. The van der Waals surface area contributed by atoms with Crippen LogP contribution in [0, 0.1) is 6.92 Å². The van der Waals surface area contributed by atoms with E-state index in [4.69, 9.17) is 23.7 Å². The average molecular weight is 567 g/mol. The van der Waals surface area contributed by atoms with Crippen molar-refractivity contribution >= 4 is 26.6 Å². The molecule has 2 heterocycles. The summed E-state index contributed by atoms with van der Waals surface area (Å²) >= 11 is 0. The smallest absolute Gasteiger partial charge is 0.268 e. The molecule has 0 fully saturated rings. The van der Waals surface area contributed by atoms with Crippen LogP contribution in [0.25, 0.3) is 10.9 Å². The van der Waals surface area contributed by atoms with Gasteiger partial charge in [0, 0.05) is 55.6 Å². The number of hydrogen-bond acceptors (Lipinski definition) is 8. The number of aryl methyl sites for hydroxylation is 1. The number of nitrogens with one attached hydrogen (secondary N) is 1. The summed E-state index contributed by atoms with van der Waals surface area (Å²) in [6.07, 6.45) is 1.64. The average Bonchev–Trinajstić information content (AvgIpc) is 3.55. The summed E-state index contributed by atoms with van der Waals surface area (Å²) in [5.74, 6) is 0.423. The lowest BCUT2D eigenvalue weighted by Crippen LogP contribution is -2.13. The molecule has 0 spiro atoms. The number of methoxy groups -OCH3 is 2. The first-order chi connectivity index (χ1) is 19.4. The van der Waals surface area contributed by atoms with Gasteiger partial charge in [0.15, 0.2) is 0 Å². The Morgan fingerprint density at radius 2 is 1.68 bits per heavy atom. The maximum atomic E-state index is 14.1. The minimum atomic E-state index is -3.98. The van der Waals surface area contributed by atoms with E-state index < -0.39 is 10.0 Å². The number of benzene rings is 3. The number of fused-ring (bicyclic) bond motifs is 3. The molecule has 212 valence electrons. The quantitative estimate of drug-likeness (QED) is 0.178. The van der Waals surface area contributed by atoms with E-state index in [1.807, 2.05) is 43.3 Å². The SMILES string of the molecule is COCOCc1cn(S(=O)(=O)c2ccc(C)cc2)c2c(OCc3ccccc3)cc3c(c12)C(COCOC)CN3. The summed E-state index contributed by atoms with van der Waals surface area (Å²) in [5, 5.41) is 4.23. The minimum absolute atomic E-state index is 0.0325. The molecule has 0 radical (unpaired) electrons. The number of hydrogen-bond donors (Lipinski definition) is 1. The Hall–Kier alpha value is -3.41. The zero-order valence-electron chi connectivity index (χ0n) is 22.9. The van der Waals surface area contributed by atoms with Crippen molar-refractivity contribution in [3.63, 3.8) is 0 Å². The molecule has 10 heteroatoms. The van der Waals surface area contributed by atoms with Crippen molar-refractivity contribution in [3.8, 4) is 5.75 Å². The largest absolute Gasteiger partial charge is 0.487 e. The highest BCUT2D eigenvalue weighted by molar-refractivity contribution is 7.90. The fourth-order valence-electron chi connectivity index (χ4n) is 5.00. The number of rotatable bonds is 13. The third kappa shape index (κ3) is 5.72. The van der Waals surface area contributed by atoms with Crippen LogP contribution in [0.1, 0.15) is 28.2 Å². The van der Waals surface area contributed by atoms with Crippen molar-refractivity contribution in [1.29, 1.82) is 0 Å². The summed E-state index contributed by atoms with van der Waals surface area (Å²) in [7, 11) is -0.848. The van der Waals surface area contributed by atoms with Gasteiger partial charge in [-0.05, 0) is 30.2 Å². The molecule has 1 unspecified atom stereocenters. The summed E-state index contributed by atoms with van der Waals surface area (Å²) in [5.41, 5.74) is 4.96. The van der Waals surface area contributed by atoms with Gasteiger partial charge in [-0.2, -0.15) is 0 Å². The van der Waals surface area contributed by atoms with Gasteiger partial charge in [-0.3, -0.25) is 0 Å². The Kier molecular flexibility index (Phi) is 8.72. The van der Waals surface area contributed by atoms with Crippen molar-refractivity contribution in [1.82, 2.24) is 3.97 Å². The van der Waals surface area contributed by atoms with Gasteiger partial charge in [0.25, 0.3) is 10.0 Å². The van der Waals surface area contributed by atoms with Gasteiger partial charge in [-0.15, -0.1) is 0 Å². The first-order valence-corrected chi connectivity index (χ1v) is 14.4. The minimum Gasteiger partial charge on any atom is -0.487 e. The standard InChI is InChI=1S/C30H34N2O7S/c1-21-9-11-25(12-10-21)40(33,34)32-15-24(18-38-20-36-3)29-28-23(17-37-19-35-2)14-31-26(28)13-27(30(29)32)39-16-22-7-5-4-6-8-22/h4-13,15,23,31H,14,16-20H2,1-3H3. The van der Waals surface area contributed by atoms with Gasteiger partial charge in [0.05, 0.1) is 18.1 Å². The van der Waals surface area contributed by atoms with E-state index in [-0.39, 0.29) is 37.6 Å². The summed E-state index contributed by atoms with van der Waals surface area (Å²) in [6.45, 7) is 3.62. The van der Waals surface area contributed by atoms with Crippen LogP contribution in [0.15, 0.2) is 71.8 Å². The van der Waals surface area contributed by atoms with Crippen LogP contribution in [0.3, 0.4) is 0 Å². The van der Waals surface area contributed by atoms with E-state index in [1.165, 1.54) is 3.97 Å². The van der Waals surface area contributed by atoms with Gasteiger partial charge in [0.2, 0.25) is 0 Å². The number of ether oxygens (including phenoxy) is 5. The molecule has 1 atom stereocenters. The fourth-order valence-corrected chi connectivity index (χ4v) is 6.40. The van der Waals surface area contributed by atoms with Crippen LogP contribution in [0.5, 0.6) is 5.75 Å². The molecule has 1 aromatic heterocycles. The topological polar surface area (TPSA) is 97.3 Å². The number of anilines is 1. The first-order valence-electron chi connectivity index (χ1n) is 13.0. The molecule has 5 rings (SSSR count). The molecule has 0 aliphatic carbocycles. The van der Waals surface area contributed by atoms with E-state index in [2.05, 4.69) is 5.32 Å². The molecular formula is C30H34N2O7S. The van der Waals surface area contributed by atoms with Gasteiger partial charge in [0.1, 0.15) is 31.5 Å². The second-order valence-corrected chi connectivity index (χ2v) is 11.5. The van der Waals surface area contributed by atoms with Crippen molar-refractivity contribution < 1.29 is 32.1 Å². The molecule has 9 nitrogen and oxygen atoms in total. The van der Waals surface area contributed by atoms with Crippen LogP contribution >= 0.6 is 0 Å². The van der Waals surface area contributed by atoms with E-state index in [0.717, 1.165) is 27.8 Å². The van der Waals surface area contributed by atoms with E-state index in [0.29, 0.717) is 30.0 Å². The van der Waals surface area contributed by atoms with E-state index >= 15 is 0 Å². The number of nitrogens with zero attached hydrogens (tertiary/aromatic N) is 1. The lowest BCUT2D eigenvalue weighted by molar-refractivity contribution is -0.0388. The Morgan fingerprint density at radius 3 is 2.40 bits per heavy atom. The molecule has 1 aliphatic rings. The predicted octanol–water partition coefficient (Wildman–Crippen LogP) is 5.02. The van der Waals surface area contributed by atoms with E-state index in [1.54, 1.807) is 44.7 Å². The van der Waals surface area contributed by atoms with Crippen LogP contribution in [0.2, 0.25) is 0 Å². The van der Waals surface area contributed by atoms with Gasteiger partial charge < -0.3 is 29.0 Å². The Bertz CT molecular complexity index is 1550. The summed E-state index contributed by atoms with van der Waals surface area (Å²) in [4.78, 5) is 0.187.